The van der Waals surface area contributed by atoms with Crippen molar-refractivity contribution in [1.29, 1.82) is 0 Å². The van der Waals surface area contributed by atoms with Crippen LogP contribution in [0.15, 0.2) is 48.5 Å². The Morgan fingerprint density at radius 2 is 1.71 bits per heavy atom. The van der Waals surface area contributed by atoms with Crippen LogP contribution < -0.4 is 0 Å². The van der Waals surface area contributed by atoms with E-state index in [1.54, 1.807) is 0 Å². The quantitative estimate of drug-likeness (QED) is 0.539. The zero-order valence-corrected chi connectivity index (χ0v) is 16.1. The summed E-state index contributed by atoms with van der Waals surface area (Å²) in [6, 6.07) is 15.9. The molecular weight excluding hydrogens is 354 g/mol. The van der Waals surface area contributed by atoms with Crippen LogP contribution in [0, 0.1) is 0 Å². The Bertz CT molecular complexity index is 833. The Morgan fingerprint density at radius 3 is 2.36 bits per heavy atom. The van der Waals surface area contributed by atoms with Gasteiger partial charge in [0.25, 0.3) is 0 Å². The van der Waals surface area contributed by atoms with E-state index in [4.69, 9.17) is 9.47 Å². The molecule has 0 N–H and O–H groups in total. The summed E-state index contributed by atoms with van der Waals surface area (Å²) in [6.45, 7) is 2.34. The van der Waals surface area contributed by atoms with Gasteiger partial charge in [-0.3, -0.25) is 4.90 Å². The van der Waals surface area contributed by atoms with Gasteiger partial charge in [-0.25, -0.2) is 9.59 Å². The molecular formula is C23H25NO4. The molecule has 0 bridgehead atoms. The van der Waals surface area contributed by atoms with E-state index in [0.29, 0.717) is 6.42 Å². The third kappa shape index (κ3) is 3.37. The van der Waals surface area contributed by atoms with Crippen molar-refractivity contribution in [2.24, 2.45) is 0 Å². The Labute approximate surface area is 165 Å². The number of fused-ring (bicyclic) bond motifs is 3. The van der Waals surface area contributed by atoms with Crippen molar-refractivity contribution in [1.82, 2.24) is 4.90 Å². The molecule has 1 saturated heterocycles. The molecule has 28 heavy (non-hydrogen) atoms. The number of esters is 1. The van der Waals surface area contributed by atoms with Gasteiger partial charge in [0, 0.05) is 5.92 Å². The number of cyclic esters (lactones) is 1. The van der Waals surface area contributed by atoms with Crippen molar-refractivity contribution < 1.29 is 19.1 Å². The lowest BCUT2D eigenvalue weighted by Crippen LogP contribution is -2.39. The second-order valence-corrected chi connectivity index (χ2v) is 7.38. The lowest BCUT2D eigenvalue weighted by atomic mass is 9.98. The number of carbonyl (C=O) groups is 2. The van der Waals surface area contributed by atoms with Gasteiger partial charge in [-0.15, -0.1) is 0 Å². The lowest BCUT2D eigenvalue weighted by Gasteiger charge is -2.21. The van der Waals surface area contributed by atoms with Gasteiger partial charge in [0.1, 0.15) is 12.6 Å². The van der Waals surface area contributed by atoms with Crippen molar-refractivity contribution in [3.05, 3.63) is 59.7 Å². The van der Waals surface area contributed by atoms with Gasteiger partial charge in [-0.1, -0.05) is 74.7 Å². The minimum absolute atomic E-state index is 0.00844. The molecule has 5 heteroatoms. The fourth-order valence-electron chi connectivity index (χ4n) is 4.16. The molecule has 1 amide bonds. The Balaban J connectivity index is 1.46. The maximum atomic E-state index is 12.7. The molecule has 1 fully saturated rings. The SMILES string of the molecule is CCCCC[C@H]1C(=O)OCN1C(=O)OCC1c2ccccc2-c2ccccc21. The van der Waals surface area contributed by atoms with Gasteiger partial charge in [0.05, 0.1) is 0 Å². The highest BCUT2D eigenvalue weighted by Crippen LogP contribution is 2.44. The number of unbranched alkanes of at least 4 members (excludes halogenated alkanes) is 2. The van der Waals surface area contributed by atoms with Crippen LogP contribution >= 0.6 is 0 Å². The van der Waals surface area contributed by atoms with Crippen molar-refractivity contribution in [3.63, 3.8) is 0 Å². The molecule has 4 rings (SSSR count). The summed E-state index contributed by atoms with van der Waals surface area (Å²) >= 11 is 0. The first-order valence-corrected chi connectivity index (χ1v) is 9.99. The van der Waals surface area contributed by atoms with Crippen molar-refractivity contribution in [2.75, 3.05) is 13.3 Å². The maximum absolute atomic E-state index is 12.7. The predicted octanol–water partition coefficient (Wildman–Crippen LogP) is 4.70. The van der Waals surface area contributed by atoms with Crippen LogP contribution in [0.1, 0.15) is 49.7 Å². The smallest absolute Gasteiger partial charge is 0.413 e. The largest absolute Gasteiger partial charge is 0.448 e. The standard InChI is InChI=1S/C23H25NO4/c1-2-3-4-13-21-22(25)28-15-24(21)23(26)27-14-20-18-11-7-5-9-16(18)17-10-6-8-12-19(17)20/h5-12,20-21H,2-4,13-15H2,1H3/t21-/m0/s1. The van der Waals surface area contributed by atoms with E-state index < -0.39 is 12.1 Å². The third-order valence-corrected chi connectivity index (χ3v) is 5.65. The highest BCUT2D eigenvalue weighted by molar-refractivity contribution is 5.84. The number of carbonyl (C=O) groups excluding carboxylic acids is 2. The van der Waals surface area contributed by atoms with E-state index in [1.807, 2.05) is 24.3 Å². The molecule has 0 unspecified atom stereocenters. The Morgan fingerprint density at radius 1 is 1.07 bits per heavy atom. The first kappa shape index (κ1) is 18.5. The van der Waals surface area contributed by atoms with Gasteiger partial charge in [0.15, 0.2) is 6.73 Å². The van der Waals surface area contributed by atoms with E-state index in [1.165, 1.54) is 27.2 Å². The summed E-state index contributed by atoms with van der Waals surface area (Å²) in [4.78, 5) is 26.1. The number of amides is 1. The van der Waals surface area contributed by atoms with Crippen LogP contribution in [0.4, 0.5) is 4.79 Å². The normalized spacial score (nSPS) is 18.0. The number of nitrogens with zero attached hydrogens (tertiary/aromatic N) is 1. The van der Waals surface area contributed by atoms with Gasteiger partial charge in [-0.05, 0) is 28.7 Å². The fraction of sp³-hybridized carbons (Fsp3) is 0.391. The molecule has 2 aromatic carbocycles. The number of hydrogen-bond acceptors (Lipinski definition) is 4. The molecule has 1 aliphatic heterocycles. The molecule has 0 radical (unpaired) electrons. The van der Waals surface area contributed by atoms with E-state index >= 15 is 0 Å². The van der Waals surface area contributed by atoms with Crippen LogP contribution in [0.3, 0.4) is 0 Å². The second-order valence-electron chi connectivity index (χ2n) is 7.38. The van der Waals surface area contributed by atoms with Crippen molar-refractivity contribution in [3.8, 4) is 11.1 Å². The third-order valence-electron chi connectivity index (χ3n) is 5.65. The first-order valence-electron chi connectivity index (χ1n) is 9.99. The summed E-state index contributed by atoms with van der Waals surface area (Å²) in [6.07, 6.45) is 3.13. The predicted molar refractivity (Wildman–Crippen MR) is 106 cm³/mol. The molecule has 0 saturated carbocycles. The van der Waals surface area contributed by atoms with Crippen molar-refractivity contribution >= 4 is 12.1 Å². The zero-order chi connectivity index (χ0) is 19.5. The summed E-state index contributed by atoms with van der Waals surface area (Å²) in [5.41, 5.74) is 4.72. The minimum Gasteiger partial charge on any atom is -0.448 e. The van der Waals surface area contributed by atoms with Crippen LogP contribution in [-0.4, -0.2) is 36.3 Å². The van der Waals surface area contributed by atoms with Gasteiger partial charge < -0.3 is 9.47 Å². The van der Waals surface area contributed by atoms with Crippen molar-refractivity contribution in [2.45, 2.75) is 44.6 Å². The Hall–Kier alpha value is -2.82. The maximum Gasteiger partial charge on any atom is 0.413 e. The topological polar surface area (TPSA) is 55.8 Å². The summed E-state index contributed by atoms with van der Waals surface area (Å²) < 4.78 is 10.8. The summed E-state index contributed by atoms with van der Waals surface area (Å²) in [5.74, 6) is -0.321. The fourth-order valence-corrected chi connectivity index (χ4v) is 4.16. The average Bonchev–Trinajstić information content (AvgIpc) is 3.25. The molecule has 1 heterocycles. The van der Waals surface area contributed by atoms with Crippen LogP contribution in [0.2, 0.25) is 0 Å². The monoisotopic (exact) mass is 379 g/mol. The highest BCUT2D eigenvalue weighted by Gasteiger charge is 2.39. The highest BCUT2D eigenvalue weighted by atomic mass is 16.6. The van der Waals surface area contributed by atoms with E-state index in [0.717, 1.165) is 19.3 Å². The Kier molecular flexibility index (Phi) is 5.33. The summed E-state index contributed by atoms with van der Waals surface area (Å²) in [5, 5.41) is 0. The number of ether oxygens (including phenoxy) is 2. The van der Waals surface area contributed by atoms with Gasteiger partial charge in [0.2, 0.25) is 0 Å². The van der Waals surface area contributed by atoms with E-state index in [9.17, 15) is 9.59 Å². The molecule has 146 valence electrons. The van der Waals surface area contributed by atoms with E-state index in [-0.39, 0.29) is 25.2 Å². The molecule has 1 aliphatic carbocycles. The van der Waals surface area contributed by atoms with Crippen LogP contribution in [0.25, 0.3) is 11.1 Å². The second kappa shape index (κ2) is 8.05. The lowest BCUT2D eigenvalue weighted by molar-refractivity contribution is -0.139. The molecule has 1 atom stereocenters. The summed E-state index contributed by atoms with van der Waals surface area (Å²) in [7, 11) is 0. The van der Waals surface area contributed by atoms with Crippen LogP contribution in [-0.2, 0) is 14.3 Å². The van der Waals surface area contributed by atoms with Crippen LogP contribution in [0.5, 0.6) is 0 Å². The first-order chi connectivity index (χ1) is 13.7. The molecule has 2 aromatic rings. The van der Waals surface area contributed by atoms with Gasteiger partial charge >= 0.3 is 12.1 Å². The number of rotatable bonds is 6. The minimum atomic E-state index is -0.526. The van der Waals surface area contributed by atoms with Gasteiger partial charge in [-0.2, -0.15) is 0 Å². The molecule has 0 aromatic heterocycles. The van der Waals surface area contributed by atoms with E-state index in [2.05, 4.69) is 31.2 Å². The molecule has 2 aliphatic rings. The number of benzene rings is 2. The zero-order valence-electron chi connectivity index (χ0n) is 16.1. The molecule has 5 nitrogen and oxygen atoms in total. The number of hydrogen-bond donors (Lipinski definition) is 0. The molecule has 0 spiro atoms. The average molecular weight is 379 g/mol.